The lowest BCUT2D eigenvalue weighted by molar-refractivity contribution is -0.116. The fraction of sp³-hybridized carbons (Fsp3) is 0.231. The maximum Gasteiger partial charge on any atom is 0.198 e. The fourth-order valence-electron chi connectivity index (χ4n) is 1.53. The monoisotopic (exact) mass is 233 g/mol. The van der Waals surface area contributed by atoms with Crippen LogP contribution in [0.4, 0.5) is 4.39 Å². The molecule has 0 spiro atoms. The summed E-state index contributed by atoms with van der Waals surface area (Å²) in [4.78, 5) is 15.0. The molecule has 1 aromatic carbocycles. The standard InChI is InChI=1S/C13H12FNO2/c1-9(16)6-12-8-15-13(17-12)7-10-2-4-11(14)5-3-10/h2-5,8H,6-7H2,1H3. The van der Waals surface area contributed by atoms with Crippen molar-refractivity contribution >= 4 is 5.78 Å². The average molecular weight is 233 g/mol. The molecule has 1 heterocycles. The van der Waals surface area contributed by atoms with E-state index in [1.54, 1.807) is 18.3 Å². The van der Waals surface area contributed by atoms with Crippen LogP contribution in [-0.2, 0) is 17.6 Å². The van der Waals surface area contributed by atoms with Gasteiger partial charge in [0.15, 0.2) is 5.89 Å². The van der Waals surface area contributed by atoms with E-state index in [2.05, 4.69) is 4.98 Å². The van der Waals surface area contributed by atoms with Crippen LogP contribution < -0.4 is 0 Å². The minimum atomic E-state index is -0.265. The first kappa shape index (κ1) is 11.5. The number of rotatable bonds is 4. The maximum atomic E-state index is 12.7. The summed E-state index contributed by atoms with van der Waals surface area (Å²) in [5.41, 5.74) is 0.919. The molecule has 1 aromatic heterocycles. The lowest BCUT2D eigenvalue weighted by Gasteiger charge is -1.97. The predicted molar refractivity (Wildman–Crippen MR) is 60.1 cm³/mol. The van der Waals surface area contributed by atoms with Gasteiger partial charge in [0.1, 0.15) is 17.4 Å². The van der Waals surface area contributed by atoms with Crippen LogP contribution in [-0.4, -0.2) is 10.8 Å². The van der Waals surface area contributed by atoms with Gasteiger partial charge in [-0.3, -0.25) is 4.79 Å². The lowest BCUT2D eigenvalue weighted by atomic mass is 10.1. The number of halogens is 1. The first-order chi connectivity index (χ1) is 8.13. The summed E-state index contributed by atoms with van der Waals surface area (Å²) in [5, 5.41) is 0. The zero-order valence-electron chi connectivity index (χ0n) is 9.44. The third-order valence-electron chi connectivity index (χ3n) is 2.29. The summed E-state index contributed by atoms with van der Waals surface area (Å²) in [7, 11) is 0. The number of carbonyl (C=O) groups excluding carboxylic acids is 1. The van der Waals surface area contributed by atoms with E-state index in [1.165, 1.54) is 19.1 Å². The Kier molecular flexibility index (Phi) is 3.32. The number of nitrogens with zero attached hydrogens (tertiary/aromatic N) is 1. The Morgan fingerprint density at radius 3 is 2.71 bits per heavy atom. The normalized spacial score (nSPS) is 10.5. The number of ketones is 1. The van der Waals surface area contributed by atoms with Crippen LogP contribution in [0.3, 0.4) is 0 Å². The summed E-state index contributed by atoms with van der Waals surface area (Å²) in [6.07, 6.45) is 2.31. The van der Waals surface area contributed by atoms with Crippen molar-refractivity contribution in [2.45, 2.75) is 19.8 Å². The third-order valence-corrected chi connectivity index (χ3v) is 2.29. The van der Waals surface area contributed by atoms with Crippen LogP contribution in [0.25, 0.3) is 0 Å². The molecule has 0 bridgehead atoms. The molecule has 0 N–H and O–H groups in total. The zero-order valence-corrected chi connectivity index (χ0v) is 9.44. The average Bonchev–Trinajstić information content (AvgIpc) is 2.68. The molecule has 0 radical (unpaired) electrons. The number of benzene rings is 1. The highest BCUT2D eigenvalue weighted by molar-refractivity contribution is 5.77. The van der Waals surface area contributed by atoms with E-state index < -0.39 is 0 Å². The molecule has 0 atom stereocenters. The van der Waals surface area contributed by atoms with Crippen LogP contribution in [0.1, 0.15) is 24.1 Å². The van der Waals surface area contributed by atoms with Crippen molar-refractivity contribution in [1.82, 2.24) is 4.98 Å². The molecule has 0 saturated heterocycles. The van der Waals surface area contributed by atoms with Crippen molar-refractivity contribution in [3.63, 3.8) is 0 Å². The SMILES string of the molecule is CC(=O)Cc1cnc(Cc2ccc(F)cc2)o1. The highest BCUT2D eigenvalue weighted by Gasteiger charge is 2.06. The van der Waals surface area contributed by atoms with Gasteiger partial charge in [-0.25, -0.2) is 9.37 Å². The second-order valence-electron chi connectivity index (χ2n) is 3.90. The predicted octanol–water partition coefficient (Wildman–Crippen LogP) is 2.54. The number of carbonyl (C=O) groups is 1. The van der Waals surface area contributed by atoms with Crippen LogP contribution in [0.5, 0.6) is 0 Å². The van der Waals surface area contributed by atoms with Crippen molar-refractivity contribution in [3.8, 4) is 0 Å². The Hall–Kier alpha value is -1.97. The van der Waals surface area contributed by atoms with E-state index in [0.29, 0.717) is 18.1 Å². The number of Topliss-reactive ketones (excluding diaryl/α,β-unsaturated/α-hetero) is 1. The lowest BCUT2D eigenvalue weighted by Crippen LogP contribution is -1.93. The quantitative estimate of drug-likeness (QED) is 0.815. The molecule has 0 aliphatic heterocycles. The smallest absolute Gasteiger partial charge is 0.198 e. The molecular formula is C13H12FNO2. The molecule has 0 fully saturated rings. The van der Waals surface area contributed by atoms with Gasteiger partial charge in [0.05, 0.1) is 12.6 Å². The minimum Gasteiger partial charge on any atom is -0.445 e. The largest absolute Gasteiger partial charge is 0.445 e. The maximum absolute atomic E-state index is 12.7. The van der Waals surface area contributed by atoms with Crippen LogP contribution in [0, 0.1) is 5.82 Å². The number of hydrogen-bond donors (Lipinski definition) is 0. The van der Waals surface area contributed by atoms with Gasteiger partial charge in [-0.2, -0.15) is 0 Å². The van der Waals surface area contributed by atoms with E-state index in [-0.39, 0.29) is 18.0 Å². The van der Waals surface area contributed by atoms with Crippen molar-refractivity contribution in [2.24, 2.45) is 0 Å². The van der Waals surface area contributed by atoms with E-state index in [1.807, 2.05) is 0 Å². The summed E-state index contributed by atoms with van der Waals surface area (Å²) >= 11 is 0. The number of aromatic nitrogens is 1. The van der Waals surface area contributed by atoms with Gasteiger partial charge in [0, 0.05) is 6.42 Å². The Morgan fingerprint density at radius 2 is 2.06 bits per heavy atom. The Balaban J connectivity index is 2.06. The van der Waals surface area contributed by atoms with Gasteiger partial charge in [-0.05, 0) is 24.6 Å². The third kappa shape index (κ3) is 3.24. The highest BCUT2D eigenvalue weighted by Crippen LogP contribution is 2.11. The fourth-order valence-corrected chi connectivity index (χ4v) is 1.53. The highest BCUT2D eigenvalue weighted by atomic mass is 19.1. The molecule has 88 valence electrons. The van der Waals surface area contributed by atoms with E-state index in [4.69, 9.17) is 4.42 Å². The molecule has 0 unspecified atom stereocenters. The molecule has 2 aromatic rings. The Labute approximate surface area is 98.3 Å². The van der Waals surface area contributed by atoms with Crippen molar-refractivity contribution < 1.29 is 13.6 Å². The second-order valence-corrected chi connectivity index (χ2v) is 3.90. The van der Waals surface area contributed by atoms with Crippen LogP contribution in [0.15, 0.2) is 34.9 Å². The van der Waals surface area contributed by atoms with Gasteiger partial charge in [-0.15, -0.1) is 0 Å². The molecule has 17 heavy (non-hydrogen) atoms. The van der Waals surface area contributed by atoms with Crippen molar-refractivity contribution in [3.05, 3.63) is 53.5 Å². The van der Waals surface area contributed by atoms with Gasteiger partial charge >= 0.3 is 0 Å². The molecule has 4 heteroatoms. The van der Waals surface area contributed by atoms with Gasteiger partial charge in [0.2, 0.25) is 0 Å². The van der Waals surface area contributed by atoms with E-state index in [0.717, 1.165) is 5.56 Å². The first-order valence-electron chi connectivity index (χ1n) is 5.31. The zero-order chi connectivity index (χ0) is 12.3. The van der Waals surface area contributed by atoms with E-state index in [9.17, 15) is 9.18 Å². The summed E-state index contributed by atoms with van der Waals surface area (Å²) in [6, 6.07) is 6.16. The van der Waals surface area contributed by atoms with Crippen LogP contribution in [0.2, 0.25) is 0 Å². The second kappa shape index (κ2) is 4.91. The first-order valence-corrected chi connectivity index (χ1v) is 5.31. The van der Waals surface area contributed by atoms with Gasteiger partial charge in [0.25, 0.3) is 0 Å². The molecule has 0 aliphatic rings. The van der Waals surface area contributed by atoms with Crippen molar-refractivity contribution in [2.75, 3.05) is 0 Å². The Bertz CT molecular complexity index is 516. The van der Waals surface area contributed by atoms with Crippen molar-refractivity contribution in [1.29, 1.82) is 0 Å². The van der Waals surface area contributed by atoms with Gasteiger partial charge in [-0.1, -0.05) is 12.1 Å². The van der Waals surface area contributed by atoms with E-state index >= 15 is 0 Å². The minimum absolute atomic E-state index is 0.0366. The topological polar surface area (TPSA) is 43.1 Å². The molecule has 0 saturated carbocycles. The summed E-state index contributed by atoms with van der Waals surface area (Å²) < 4.78 is 18.1. The number of hydrogen-bond acceptors (Lipinski definition) is 3. The molecular weight excluding hydrogens is 221 g/mol. The number of oxazole rings is 1. The summed E-state index contributed by atoms with van der Waals surface area (Å²) in [5.74, 6) is 0.871. The molecule has 2 rings (SSSR count). The molecule has 3 nitrogen and oxygen atoms in total. The molecule has 0 amide bonds. The van der Waals surface area contributed by atoms with Gasteiger partial charge < -0.3 is 4.42 Å². The Morgan fingerprint density at radius 1 is 1.35 bits per heavy atom. The molecule has 0 aliphatic carbocycles. The van der Waals surface area contributed by atoms with Crippen LogP contribution >= 0.6 is 0 Å². The summed E-state index contributed by atoms with van der Waals surface area (Å²) in [6.45, 7) is 1.50.